The average Bonchev–Trinajstić information content (AvgIpc) is 1.93. The van der Waals surface area contributed by atoms with Gasteiger partial charge >= 0.3 is 0 Å². The van der Waals surface area contributed by atoms with Gasteiger partial charge in [0.15, 0.2) is 0 Å². The second-order valence-corrected chi connectivity index (χ2v) is 2.61. The van der Waals surface area contributed by atoms with Crippen molar-refractivity contribution in [3.63, 3.8) is 0 Å². The maximum absolute atomic E-state index is 9.07. The van der Waals surface area contributed by atoms with Crippen LogP contribution >= 0.6 is 12.6 Å². The van der Waals surface area contributed by atoms with Crippen LogP contribution in [0.25, 0.3) is 0 Å². The van der Waals surface area contributed by atoms with Gasteiger partial charge in [-0.05, 0) is 18.6 Å². The summed E-state index contributed by atoms with van der Waals surface area (Å²) in [4.78, 5) is 0.458. The van der Waals surface area contributed by atoms with Crippen LogP contribution < -0.4 is 5.73 Å². The maximum Gasteiger partial charge on any atom is 0.130 e. The van der Waals surface area contributed by atoms with Crippen LogP contribution in [0.15, 0.2) is 17.0 Å². The summed E-state index contributed by atoms with van der Waals surface area (Å²) in [5, 5.41) is 9.07. The Hall–Kier alpha value is -0.830. The molecule has 0 spiro atoms. The summed E-state index contributed by atoms with van der Waals surface area (Å²) in [7, 11) is 0. The number of nitrogen functional groups attached to an aromatic ring is 1. The molecule has 0 bridgehead atoms. The summed E-state index contributed by atoms with van der Waals surface area (Å²) < 4.78 is 0. The van der Waals surface area contributed by atoms with Gasteiger partial charge in [0.05, 0.1) is 10.6 Å². The van der Waals surface area contributed by atoms with Gasteiger partial charge in [-0.2, -0.15) is 0 Å². The van der Waals surface area contributed by atoms with Crippen molar-refractivity contribution in [2.24, 2.45) is 0 Å². The molecule has 1 rings (SSSR count). The molecule has 0 atom stereocenters. The number of nitrogens with two attached hydrogens (primary N) is 1. The van der Waals surface area contributed by atoms with Gasteiger partial charge in [0.2, 0.25) is 0 Å². The van der Waals surface area contributed by atoms with E-state index >= 15 is 0 Å². The Morgan fingerprint density at radius 1 is 1.50 bits per heavy atom. The lowest BCUT2D eigenvalue weighted by Crippen LogP contribution is -1.90. The van der Waals surface area contributed by atoms with Crippen LogP contribution in [0.3, 0.4) is 0 Å². The SMILES string of the molecule is Cc1ccc(O)c(S)c1N. The van der Waals surface area contributed by atoms with E-state index < -0.39 is 0 Å². The highest BCUT2D eigenvalue weighted by Crippen LogP contribution is 2.29. The summed E-state index contributed by atoms with van der Waals surface area (Å²) in [6.07, 6.45) is 0. The predicted molar refractivity (Wildman–Crippen MR) is 44.5 cm³/mol. The molecule has 0 amide bonds. The van der Waals surface area contributed by atoms with Gasteiger partial charge in [-0.1, -0.05) is 6.07 Å². The molecule has 0 aromatic heterocycles. The summed E-state index contributed by atoms with van der Waals surface area (Å²) in [6.45, 7) is 1.87. The van der Waals surface area contributed by atoms with E-state index in [0.717, 1.165) is 5.56 Å². The van der Waals surface area contributed by atoms with E-state index in [0.29, 0.717) is 10.6 Å². The van der Waals surface area contributed by atoms with E-state index in [4.69, 9.17) is 10.8 Å². The van der Waals surface area contributed by atoms with Crippen molar-refractivity contribution >= 4 is 18.3 Å². The second-order valence-electron chi connectivity index (χ2n) is 2.16. The Kier molecular flexibility index (Phi) is 1.76. The number of phenols is 1. The van der Waals surface area contributed by atoms with E-state index in [1.54, 1.807) is 12.1 Å². The predicted octanol–water partition coefficient (Wildman–Crippen LogP) is 1.57. The third kappa shape index (κ3) is 1.04. The molecule has 0 radical (unpaired) electrons. The summed E-state index contributed by atoms with van der Waals surface area (Å²) in [6, 6.07) is 3.33. The summed E-state index contributed by atoms with van der Waals surface area (Å²) in [5.74, 6) is 0.131. The quantitative estimate of drug-likeness (QED) is 0.393. The van der Waals surface area contributed by atoms with Crippen molar-refractivity contribution in [2.45, 2.75) is 11.8 Å². The number of phenolic OH excluding ortho intramolecular Hbond substituents is 1. The van der Waals surface area contributed by atoms with Crippen molar-refractivity contribution in [2.75, 3.05) is 5.73 Å². The lowest BCUT2D eigenvalue weighted by Gasteiger charge is -2.03. The van der Waals surface area contributed by atoms with E-state index in [1.165, 1.54) is 0 Å². The van der Waals surface area contributed by atoms with Crippen molar-refractivity contribution in [3.8, 4) is 5.75 Å². The van der Waals surface area contributed by atoms with Crippen LogP contribution in [0.4, 0.5) is 5.69 Å². The highest BCUT2D eigenvalue weighted by Gasteiger charge is 2.01. The number of anilines is 1. The zero-order valence-corrected chi connectivity index (χ0v) is 6.52. The second kappa shape index (κ2) is 2.42. The first-order chi connectivity index (χ1) is 4.63. The molecule has 0 unspecified atom stereocenters. The molecule has 1 aromatic rings. The molecule has 1 aromatic carbocycles. The minimum absolute atomic E-state index is 0.131. The Labute approximate surface area is 65.1 Å². The highest BCUT2D eigenvalue weighted by atomic mass is 32.1. The molecular formula is C7H9NOS. The van der Waals surface area contributed by atoms with E-state index in [2.05, 4.69) is 12.6 Å². The highest BCUT2D eigenvalue weighted by molar-refractivity contribution is 7.80. The molecule has 54 valence electrons. The number of rotatable bonds is 0. The first-order valence-electron chi connectivity index (χ1n) is 2.90. The number of aryl methyl sites for hydroxylation is 1. The lowest BCUT2D eigenvalue weighted by molar-refractivity contribution is 0.463. The van der Waals surface area contributed by atoms with Gasteiger partial charge in [0.25, 0.3) is 0 Å². The van der Waals surface area contributed by atoms with Gasteiger partial charge in [-0.3, -0.25) is 0 Å². The van der Waals surface area contributed by atoms with Crippen LogP contribution in [0.5, 0.6) is 5.75 Å². The number of aromatic hydroxyl groups is 1. The molecule has 3 N–H and O–H groups in total. The number of benzene rings is 1. The fourth-order valence-corrected chi connectivity index (χ4v) is 0.948. The molecule has 0 heterocycles. The fraction of sp³-hybridized carbons (Fsp3) is 0.143. The Bertz CT molecular complexity index is 233. The topological polar surface area (TPSA) is 46.2 Å². The Morgan fingerprint density at radius 3 is 2.60 bits per heavy atom. The van der Waals surface area contributed by atoms with Gasteiger partial charge < -0.3 is 10.8 Å². The third-order valence-corrected chi connectivity index (χ3v) is 1.88. The lowest BCUT2D eigenvalue weighted by atomic mass is 10.2. The Morgan fingerprint density at radius 2 is 2.10 bits per heavy atom. The number of hydrogen-bond donors (Lipinski definition) is 3. The van der Waals surface area contributed by atoms with Crippen LogP contribution in [-0.2, 0) is 0 Å². The molecular weight excluding hydrogens is 146 g/mol. The molecule has 2 nitrogen and oxygen atoms in total. The Balaban J connectivity index is 3.34. The van der Waals surface area contributed by atoms with E-state index in [-0.39, 0.29) is 5.75 Å². The molecule has 0 aliphatic heterocycles. The van der Waals surface area contributed by atoms with Gasteiger partial charge in [-0.15, -0.1) is 12.6 Å². The monoisotopic (exact) mass is 155 g/mol. The third-order valence-electron chi connectivity index (χ3n) is 1.41. The fourth-order valence-electron chi connectivity index (χ4n) is 0.697. The minimum Gasteiger partial charge on any atom is -0.507 e. The largest absolute Gasteiger partial charge is 0.507 e. The van der Waals surface area contributed by atoms with Crippen LogP contribution in [0, 0.1) is 6.92 Å². The minimum atomic E-state index is 0.131. The molecule has 0 aliphatic rings. The summed E-state index contributed by atoms with van der Waals surface area (Å²) >= 11 is 4.01. The molecule has 0 fully saturated rings. The molecule has 10 heavy (non-hydrogen) atoms. The van der Waals surface area contributed by atoms with Gasteiger partial charge in [-0.25, -0.2) is 0 Å². The maximum atomic E-state index is 9.07. The van der Waals surface area contributed by atoms with E-state index in [1.807, 2.05) is 6.92 Å². The average molecular weight is 155 g/mol. The number of thiol groups is 1. The van der Waals surface area contributed by atoms with Crippen molar-refractivity contribution in [1.82, 2.24) is 0 Å². The summed E-state index contributed by atoms with van der Waals surface area (Å²) in [5.41, 5.74) is 7.02. The van der Waals surface area contributed by atoms with Crippen molar-refractivity contribution in [1.29, 1.82) is 0 Å². The molecule has 0 saturated carbocycles. The molecule has 3 heteroatoms. The van der Waals surface area contributed by atoms with Crippen LogP contribution in [0.1, 0.15) is 5.56 Å². The normalized spacial score (nSPS) is 9.80. The first-order valence-corrected chi connectivity index (χ1v) is 3.34. The van der Waals surface area contributed by atoms with Gasteiger partial charge in [0, 0.05) is 0 Å². The smallest absolute Gasteiger partial charge is 0.130 e. The zero-order valence-electron chi connectivity index (χ0n) is 5.63. The van der Waals surface area contributed by atoms with Crippen LogP contribution in [-0.4, -0.2) is 5.11 Å². The zero-order chi connectivity index (χ0) is 7.72. The van der Waals surface area contributed by atoms with Crippen molar-refractivity contribution < 1.29 is 5.11 Å². The molecule has 0 aliphatic carbocycles. The van der Waals surface area contributed by atoms with Crippen LogP contribution in [0.2, 0.25) is 0 Å². The van der Waals surface area contributed by atoms with Gasteiger partial charge in [0.1, 0.15) is 5.75 Å². The van der Waals surface area contributed by atoms with Crippen molar-refractivity contribution in [3.05, 3.63) is 17.7 Å². The standard InChI is InChI=1S/C7H9NOS/c1-4-2-3-5(9)7(10)6(4)8/h2-3,9-10H,8H2,1H3. The number of hydrogen-bond acceptors (Lipinski definition) is 3. The van der Waals surface area contributed by atoms with E-state index in [9.17, 15) is 0 Å². The molecule has 0 saturated heterocycles. The first kappa shape index (κ1) is 7.28.